The zero-order chi connectivity index (χ0) is 15.6. The number of carbonyl (C=O) groups excluding carboxylic acids is 1. The van der Waals surface area contributed by atoms with E-state index in [1.54, 1.807) is 19.1 Å². The molecule has 1 saturated heterocycles. The molecule has 6 heteroatoms. The number of nitro groups is 1. The van der Waals surface area contributed by atoms with Gasteiger partial charge in [-0.05, 0) is 26.3 Å². The van der Waals surface area contributed by atoms with E-state index in [9.17, 15) is 14.9 Å². The highest BCUT2D eigenvalue weighted by Crippen LogP contribution is 2.24. The number of benzene rings is 1. The highest BCUT2D eigenvalue weighted by molar-refractivity contribution is 5.84. The Morgan fingerprint density at radius 1 is 1.48 bits per heavy atom. The Morgan fingerprint density at radius 2 is 2.19 bits per heavy atom. The van der Waals surface area contributed by atoms with E-state index >= 15 is 0 Å². The van der Waals surface area contributed by atoms with Crippen molar-refractivity contribution in [3.8, 4) is 0 Å². The Hall–Kier alpha value is -1.95. The topological polar surface area (TPSA) is 75.5 Å². The summed E-state index contributed by atoms with van der Waals surface area (Å²) in [5, 5.41) is 14.2. The van der Waals surface area contributed by atoms with E-state index in [1.807, 2.05) is 18.7 Å². The van der Waals surface area contributed by atoms with Gasteiger partial charge in [0.1, 0.15) is 0 Å². The summed E-state index contributed by atoms with van der Waals surface area (Å²) in [5.41, 5.74) is 0.710. The smallest absolute Gasteiger partial charge is 0.269 e. The monoisotopic (exact) mass is 291 g/mol. The fraction of sp³-hybridized carbons (Fsp3) is 0.533. The van der Waals surface area contributed by atoms with Gasteiger partial charge in [0.15, 0.2) is 0 Å². The molecule has 0 aliphatic carbocycles. The Morgan fingerprint density at radius 3 is 2.86 bits per heavy atom. The first-order valence-electron chi connectivity index (χ1n) is 7.18. The Kier molecular flexibility index (Phi) is 4.57. The molecule has 1 aliphatic rings. The fourth-order valence-electron chi connectivity index (χ4n) is 2.63. The van der Waals surface area contributed by atoms with Gasteiger partial charge >= 0.3 is 0 Å². The minimum absolute atomic E-state index is 0.0221. The summed E-state index contributed by atoms with van der Waals surface area (Å²) in [6, 6.07) is 6.72. The van der Waals surface area contributed by atoms with Crippen LogP contribution >= 0.6 is 0 Å². The third kappa shape index (κ3) is 3.39. The second kappa shape index (κ2) is 6.22. The van der Waals surface area contributed by atoms with Crippen LogP contribution in [-0.4, -0.2) is 40.9 Å². The van der Waals surface area contributed by atoms with Gasteiger partial charge < -0.3 is 10.2 Å². The molecule has 3 atom stereocenters. The number of carbonyl (C=O) groups is 1. The van der Waals surface area contributed by atoms with Gasteiger partial charge in [0.2, 0.25) is 5.91 Å². The van der Waals surface area contributed by atoms with Crippen molar-refractivity contribution in [3.63, 3.8) is 0 Å². The maximum absolute atomic E-state index is 12.7. The number of hydrogen-bond acceptors (Lipinski definition) is 4. The van der Waals surface area contributed by atoms with Crippen molar-refractivity contribution in [2.24, 2.45) is 0 Å². The van der Waals surface area contributed by atoms with Gasteiger partial charge in [0, 0.05) is 37.3 Å². The van der Waals surface area contributed by atoms with Crippen LogP contribution in [0, 0.1) is 10.1 Å². The fourth-order valence-corrected chi connectivity index (χ4v) is 2.63. The molecule has 114 valence electrons. The third-order valence-electron chi connectivity index (χ3n) is 4.00. The third-order valence-corrected chi connectivity index (χ3v) is 4.00. The van der Waals surface area contributed by atoms with E-state index in [0.29, 0.717) is 12.1 Å². The van der Waals surface area contributed by atoms with Gasteiger partial charge in [0.25, 0.3) is 5.69 Å². The van der Waals surface area contributed by atoms with Crippen LogP contribution in [0.2, 0.25) is 0 Å². The minimum Gasteiger partial charge on any atom is -0.337 e. The molecule has 6 nitrogen and oxygen atoms in total. The van der Waals surface area contributed by atoms with Crippen LogP contribution in [-0.2, 0) is 4.79 Å². The number of non-ortho nitro benzene ring substituents is 1. The summed E-state index contributed by atoms with van der Waals surface area (Å²) in [6.45, 7) is 7.30. The summed E-state index contributed by atoms with van der Waals surface area (Å²) in [4.78, 5) is 24.9. The van der Waals surface area contributed by atoms with Gasteiger partial charge in [0.05, 0.1) is 10.8 Å². The van der Waals surface area contributed by atoms with E-state index in [2.05, 4.69) is 5.32 Å². The van der Waals surface area contributed by atoms with Crippen LogP contribution in [0.5, 0.6) is 0 Å². The van der Waals surface area contributed by atoms with Crippen molar-refractivity contribution in [1.29, 1.82) is 0 Å². The number of piperazine rings is 1. The van der Waals surface area contributed by atoms with Crippen LogP contribution < -0.4 is 5.32 Å². The molecule has 3 unspecified atom stereocenters. The molecule has 2 rings (SSSR count). The molecule has 1 aromatic carbocycles. The molecule has 1 amide bonds. The van der Waals surface area contributed by atoms with Gasteiger partial charge in [-0.25, -0.2) is 0 Å². The summed E-state index contributed by atoms with van der Waals surface area (Å²) >= 11 is 0. The predicted octanol–water partition coefficient (Wildman–Crippen LogP) is 1.91. The summed E-state index contributed by atoms with van der Waals surface area (Å²) in [7, 11) is 0. The molecule has 0 radical (unpaired) electrons. The largest absolute Gasteiger partial charge is 0.337 e. The summed E-state index contributed by atoms with van der Waals surface area (Å²) < 4.78 is 0. The Labute approximate surface area is 124 Å². The number of nitrogens with one attached hydrogen (secondary N) is 1. The molecule has 1 heterocycles. The highest BCUT2D eigenvalue weighted by atomic mass is 16.6. The average molecular weight is 291 g/mol. The quantitative estimate of drug-likeness (QED) is 0.682. The number of rotatable bonds is 3. The van der Waals surface area contributed by atoms with Crippen molar-refractivity contribution >= 4 is 11.6 Å². The lowest BCUT2D eigenvalue weighted by molar-refractivity contribution is -0.384. The van der Waals surface area contributed by atoms with Crippen LogP contribution in [0.4, 0.5) is 5.69 Å². The first-order valence-corrected chi connectivity index (χ1v) is 7.18. The second-order valence-electron chi connectivity index (χ2n) is 5.72. The van der Waals surface area contributed by atoms with Gasteiger partial charge in [-0.2, -0.15) is 0 Å². The zero-order valence-electron chi connectivity index (χ0n) is 12.6. The standard InChI is InChI=1S/C15H21N3O3/c1-10-9-17(11(2)8-16-10)15(19)12(3)13-5-4-6-14(7-13)18(20)21/h4-7,10-12,16H,8-9H2,1-3H3. The highest BCUT2D eigenvalue weighted by Gasteiger charge is 2.30. The summed E-state index contributed by atoms with van der Waals surface area (Å²) in [5.74, 6) is -0.353. The molecule has 0 saturated carbocycles. The summed E-state index contributed by atoms with van der Waals surface area (Å²) in [6.07, 6.45) is 0. The second-order valence-corrected chi connectivity index (χ2v) is 5.72. The molecular formula is C15H21N3O3. The van der Waals surface area contributed by atoms with Crippen molar-refractivity contribution in [2.75, 3.05) is 13.1 Å². The number of hydrogen-bond donors (Lipinski definition) is 1. The van der Waals surface area contributed by atoms with E-state index in [0.717, 1.165) is 6.54 Å². The SMILES string of the molecule is CC1CN(C(=O)C(C)c2cccc([N+](=O)[O-])c2)C(C)CN1. The van der Waals surface area contributed by atoms with Crippen molar-refractivity contribution in [2.45, 2.75) is 38.8 Å². The van der Waals surface area contributed by atoms with E-state index in [4.69, 9.17) is 0 Å². The Bertz CT molecular complexity index is 547. The van der Waals surface area contributed by atoms with Crippen LogP contribution in [0.1, 0.15) is 32.3 Å². The molecule has 1 aliphatic heterocycles. The van der Waals surface area contributed by atoms with Crippen molar-refractivity contribution < 1.29 is 9.72 Å². The molecule has 0 aromatic heterocycles. The molecule has 21 heavy (non-hydrogen) atoms. The molecule has 1 fully saturated rings. The number of nitrogens with zero attached hydrogens (tertiary/aromatic N) is 2. The zero-order valence-corrected chi connectivity index (χ0v) is 12.6. The number of amides is 1. The van der Waals surface area contributed by atoms with Crippen molar-refractivity contribution in [3.05, 3.63) is 39.9 Å². The average Bonchev–Trinajstić information content (AvgIpc) is 2.48. The van der Waals surface area contributed by atoms with Gasteiger partial charge in [-0.3, -0.25) is 14.9 Å². The van der Waals surface area contributed by atoms with Gasteiger partial charge in [-0.1, -0.05) is 12.1 Å². The maximum Gasteiger partial charge on any atom is 0.269 e. The molecule has 0 bridgehead atoms. The molecule has 1 N–H and O–H groups in total. The van der Waals surface area contributed by atoms with Gasteiger partial charge in [-0.15, -0.1) is 0 Å². The maximum atomic E-state index is 12.7. The van der Waals surface area contributed by atoms with E-state index < -0.39 is 4.92 Å². The molecule has 0 spiro atoms. The van der Waals surface area contributed by atoms with Crippen LogP contribution in [0.3, 0.4) is 0 Å². The lowest BCUT2D eigenvalue weighted by Crippen LogP contribution is -2.57. The lowest BCUT2D eigenvalue weighted by Gasteiger charge is -2.39. The molecular weight excluding hydrogens is 270 g/mol. The normalized spacial score (nSPS) is 23.7. The van der Waals surface area contributed by atoms with Crippen LogP contribution in [0.25, 0.3) is 0 Å². The Balaban J connectivity index is 2.18. The minimum atomic E-state index is -0.434. The number of nitro benzene ring substituents is 1. The lowest BCUT2D eigenvalue weighted by atomic mass is 9.97. The first kappa shape index (κ1) is 15.4. The first-order chi connectivity index (χ1) is 9.90. The predicted molar refractivity (Wildman–Crippen MR) is 80.2 cm³/mol. The van der Waals surface area contributed by atoms with E-state index in [-0.39, 0.29) is 29.6 Å². The van der Waals surface area contributed by atoms with Crippen molar-refractivity contribution in [1.82, 2.24) is 10.2 Å². The molecule has 1 aromatic rings. The van der Waals surface area contributed by atoms with E-state index in [1.165, 1.54) is 12.1 Å². The van der Waals surface area contributed by atoms with Crippen LogP contribution in [0.15, 0.2) is 24.3 Å².